The molecule has 154 valence electrons. The number of carboxylic acid groups (broad SMARTS) is 1. The lowest BCUT2D eigenvalue weighted by Gasteiger charge is -2.27. The van der Waals surface area contributed by atoms with E-state index < -0.39 is 42.1 Å². The molecule has 1 aromatic carbocycles. The largest absolute Gasteiger partial charge is 0.481 e. The number of esters is 1. The predicted molar refractivity (Wildman–Crippen MR) is 99.5 cm³/mol. The lowest BCUT2D eigenvalue weighted by molar-refractivity contribution is -0.216. The summed E-state index contributed by atoms with van der Waals surface area (Å²) in [5, 5.41) is 9.72. The van der Waals surface area contributed by atoms with Crippen LogP contribution in [0, 0.1) is 11.8 Å². The second kappa shape index (κ2) is 8.19. The maximum Gasteiger partial charge on any atom is 0.338 e. The highest BCUT2D eigenvalue weighted by molar-refractivity contribution is 5.89. The Morgan fingerprint density at radius 1 is 1.18 bits per heavy atom. The number of hydrogen-bond donors (Lipinski definition) is 1. The van der Waals surface area contributed by atoms with Crippen molar-refractivity contribution >= 4 is 11.9 Å². The third kappa shape index (κ3) is 4.54. The third-order valence-electron chi connectivity index (χ3n) is 5.33. The monoisotopic (exact) mass is 392 g/mol. The molecule has 0 bridgehead atoms. The van der Waals surface area contributed by atoms with E-state index in [1.807, 2.05) is 26.8 Å². The summed E-state index contributed by atoms with van der Waals surface area (Å²) in [4.78, 5) is 24.0. The molecular weight excluding hydrogens is 364 g/mol. The summed E-state index contributed by atoms with van der Waals surface area (Å²) in [5.41, 5.74) is 0.474. The van der Waals surface area contributed by atoms with Crippen molar-refractivity contribution in [3.63, 3.8) is 0 Å². The third-order valence-corrected chi connectivity index (χ3v) is 5.33. The van der Waals surface area contributed by atoms with Gasteiger partial charge in [-0.2, -0.15) is 0 Å². The maximum atomic E-state index is 12.1. The Bertz CT molecular complexity index is 702. The number of benzene rings is 1. The van der Waals surface area contributed by atoms with Crippen LogP contribution in [0.4, 0.5) is 0 Å². The second-order valence-electron chi connectivity index (χ2n) is 8.03. The fraction of sp³-hybridized carbons (Fsp3) is 0.619. The van der Waals surface area contributed by atoms with E-state index in [0.717, 1.165) is 0 Å². The molecule has 0 amide bonds. The normalized spacial score (nSPS) is 30.4. The quantitative estimate of drug-likeness (QED) is 0.712. The molecule has 0 aliphatic carbocycles. The Morgan fingerprint density at radius 3 is 2.46 bits per heavy atom. The summed E-state index contributed by atoms with van der Waals surface area (Å²) in [6.07, 6.45) is -1.00. The van der Waals surface area contributed by atoms with Gasteiger partial charge in [0.25, 0.3) is 0 Å². The van der Waals surface area contributed by atoms with Crippen molar-refractivity contribution in [2.45, 2.75) is 70.9 Å². The van der Waals surface area contributed by atoms with Crippen molar-refractivity contribution in [1.82, 2.24) is 0 Å². The summed E-state index contributed by atoms with van der Waals surface area (Å²) in [5.74, 6) is -2.92. The lowest BCUT2D eigenvalue weighted by atomic mass is 9.87. The van der Waals surface area contributed by atoms with Gasteiger partial charge >= 0.3 is 11.9 Å². The molecule has 2 aliphatic rings. The molecule has 1 aromatic rings. The fourth-order valence-corrected chi connectivity index (χ4v) is 3.87. The first kappa shape index (κ1) is 20.8. The minimum absolute atomic E-state index is 0.116. The van der Waals surface area contributed by atoms with Gasteiger partial charge < -0.3 is 24.1 Å². The first-order valence-electron chi connectivity index (χ1n) is 9.68. The van der Waals surface area contributed by atoms with Crippen molar-refractivity contribution < 1.29 is 33.6 Å². The zero-order chi connectivity index (χ0) is 20.5. The number of carbonyl (C=O) groups excluding carboxylic acids is 1. The molecule has 3 rings (SSSR count). The van der Waals surface area contributed by atoms with Crippen molar-refractivity contribution in [3.05, 3.63) is 35.9 Å². The van der Waals surface area contributed by atoms with Crippen LogP contribution in [0.1, 0.15) is 50.9 Å². The molecule has 1 unspecified atom stereocenters. The van der Waals surface area contributed by atoms with E-state index in [0.29, 0.717) is 18.4 Å². The van der Waals surface area contributed by atoms with E-state index in [9.17, 15) is 14.7 Å². The lowest BCUT2D eigenvalue weighted by Crippen LogP contribution is -2.36. The van der Waals surface area contributed by atoms with Crippen LogP contribution < -0.4 is 0 Å². The number of rotatable bonds is 7. The molecule has 6 atom stereocenters. The van der Waals surface area contributed by atoms with Crippen LogP contribution in [0.3, 0.4) is 0 Å². The standard InChI is InChI=1S/C21H28O7/c1-12(25-19(24)14-8-6-5-7-9-14)10-11-15(18(22)23)16-13(2)17-20(26-16)28-21(3,4)27-17/h5-9,12-13,15-17,20H,10-11H2,1-4H3,(H,22,23)/t12?,13-,15-,16-,17-,20-/m1/s1. The molecule has 2 aliphatic heterocycles. The minimum atomic E-state index is -0.933. The van der Waals surface area contributed by atoms with Gasteiger partial charge in [0.2, 0.25) is 0 Å². The SMILES string of the molecule is CC(CC[C@@H](C(=O)O)[C@@H]1O[C@@H]2OC(C)(C)O[C@@H]2[C@@H]1C)OC(=O)c1ccccc1. The topological polar surface area (TPSA) is 91.3 Å². The van der Waals surface area contributed by atoms with Gasteiger partial charge in [-0.15, -0.1) is 0 Å². The number of carboxylic acids is 1. The highest BCUT2D eigenvalue weighted by Crippen LogP contribution is 2.43. The van der Waals surface area contributed by atoms with Crippen LogP contribution in [0.15, 0.2) is 30.3 Å². The van der Waals surface area contributed by atoms with Crippen LogP contribution >= 0.6 is 0 Å². The van der Waals surface area contributed by atoms with Gasteiger partial charge in [0.1, 0.15) is 6.10 Å². The predicted octanol–water partition coefficient (Wildman–Crippen LogP) is 3.23. The van der Waals surface area contributed by atoms with E-state index in [-0.39, 0.29) is 12.0 Å². The van der Waals surface area contributed by atoms with Crippen LogP contribution in [-0.2, 0) is 23.7 Å². The molecule has 0 aromatic heterocycles. The van der Waals surface area contributed by atoms with Gasteiger partial charge in [-0.25, -0.2) is 4.79 Å². The number of aliphatic carboxylic acids is 1. The Morgan fingerprint density at radius 2 is 1.86 bits per heavy atom. The molecule has 0 spiro atoms. The van der Waals surface area contributed by atoms with Crippen molar-refractivity contribution in [2.75, 3.05) is 0 Å². The van der Waals surface area contributed by atoms with E-state index in [1.165, 1.54) is 0 Å². The molecular formula is C21H28O7. The first-order chi connectivity index (χ1) is 13.2. The van der Waals surface area contributed by atoms with E-state index in [2.05, 4.69) is 0 Å². The van der Waals surface area contributed by atoms with Crippen molar-refractivity contribution in [1.29, 1.82) is 0 Å². The average Bonchev–Trinajstić information content (AvgIpc) is 3.08. The number of ether oxygens (including phenoxy) is 4. The molecule has 7 nitrogen and oxygen atoms in total. The highest BCUT2D eigenvalue weighted by atomic mass is 16.8. The van der Waals surface area contributed by atoms with Crippen LogP contribution in [0.5, 0.6) is 0 Å². The average molecular weight is 392 g/mol. The smallest absolute Gasteiger partial charge is 0.338 e. The van der Waals surface area contributed by atoms with Gasteiger partial charge in [-0.3, -0.25) is 4.79 Å². The maximum absolute atomic E-state index is 12.1. The second-order valence-corrected chi connectivity index (χ2v) is 8.03. The minimum Gasteiger partial charge on any atom is -0.481 e. The zero-order valence-corrected chi connectivity index (χ0v) is 16.7. The van der Waals surface area contributed by atoms with Gasteiger partial charge in [-0.05, 0) is 45.7 Å². The summed E-state index contributed by atoms with van der Waals surface area (Å²) < 4.78 is 22.9. The highest BCUT2D eigenvalue weighted by Gasteiger charge is 2.55. The molecule has 0 radical (unpaired) electrons. The Balaban J connectivity index is 1.56. The van der Waals surface area contributed by atoms with Crippen molar-refractivity contribution in [2.24, 2.45) is 11.8 Å². The summed E-state index contributed by atoms with van der Waals surface area (Å²) in [6.45, 7) is 7.32. The molecule has 28 heavy (non-hydrogen) atoms. The molecule has 0 saturated carbocycles. The Labute approximate surface area is 164 Å². The van der Waals surface area contributed by atoms with Crippen molar-refractivity contribution in [3.8, 4) is 0 Å². The summed E-state index contributed by atoms with van der Waals surface area (Å²) in [6, 6.07) is 8.73. The molecule has 2 saturated heterocycles. The van der Waals surface area contributed by atoms with Gasteiger partial charge in [0, 0.05) is 5.92 Å². The van der Waals surface area contributed by atoms with E-state index in [4.69, 9.17) is 18.9 Å². The summed E-state index contributed by atoms with van der Waals surface area (Å²) >= 11 is 0. The molecule has 2 fully saturated rings. The van der Waals surface area contributed by atoms with Crippen LogP contribution in [-0.4, -0.2) is 47.4 Å². The molecule has 1 N–H and O–H groups in total. The van der Waals surface area contributed by atoms with Gasteiger partial charge in [0.15, 0.2) is 12.1 Å². The van der Waals surface area contributed by atoms with E-state index >= 15 is 0 Å². The first-order valence-corrected chi connectivity index (χ1v) is 9.68. The van der Waals surface area contributed by atoms with Gasteiger partial charge in [-0.1, -0.05) is 25.1 Å². The number of fused-ring (bicyclic) bond motifs is 1. The molecule has 2 heterocycles. The number of hydrogen-bond acceptors (Lipinski definition) is 6. The Kier molecular flexibility index (Phi) is 6.07. The Hall–Kier alpha value is -1.96. The fourth-order valence-electron chi connectivity index (χ4n) is 3.87. The number of carbonyl (C=O) groups is 2. The van der Waals surface area contributed by atoms with E-state index in [1.54, 1.807) is 31.2 Å². The van der Waals surface area contributed by atoms with Crippen LogP contribution in [0.25, 0.3) is 0 Å². The van der Waals surface area contributed by atoms with Gasteiger partial charge in [0.05, 0.1) is 23.7 Å². The molecule has 7 heteroatoms. The zero-order valence-electron chi connectivity index (χ0n) is 16.7. The summed E-state index contributed by atoms with van der Waals surface area (Å²) in [7, 11) is 0. The van der Waals surface area contributed by atoms with Crippen LogP contribution in [0.2, 0.25) is 0 Å².